The summed E-state index contributed by atoms with van der Waals surface area (Å²) in [6.07, 6.45) is 0. The molecule has 0 atom stereocenters. The van der Waals surface area contributed by atoms with Crippen LogP contribution in [0, 0.1) is 0 Å². The zero-order valence-electron chi connectivity index (χ0n) is 8.74. The van der Waals surface area contributed by atoms with E-state index in [1.807, 2.05) is 36.6 Å². The summed E-state index contributed by atoms with van der Waals surface area (Å²) in [5, 5.41) is 9.91. The van der Waals surface area contributed by atoms with Crippen molar-refractivity contribution in [1.29, 1.82) is 0 Å². The second-order valence-electron chi connectivity index (χ2n) is 3.76. The third-order valence-corrected chi connectivity index (χ3v) is 2.70. The van der Waals surface area contributed by atoms with E-state index in [-0.39, 0.29) is 12.6 Å². The summed E-state index contributed by atoms with van der Waals surface area (Å²) in [6, 6.07) is 5.84. The fourth-order valence-electron chi connectivity index (χ4n) is 1.82. The molecule has 0 aliphatic carbocycles. The maximum Gasteiger partial charge on any atom is 0.135 e. The first-order valence-electron chi connectivity index (χ1n) is 4.91. The first-order valence-corrected chi connectivity index (χ1v) is 5.29. The van der Waals surface area contributed by atoms with Gasteiger partial charge < -0.3 is 9.67 Å². The molecule has 0 aliphatic rings. The lowest BCUT2D eigenvalue weighted by Gasteiger charge is -2.12. The Bertz CT molecular complexity index is 491. The molecular formula is C11H13ClN2O. The van der Waals surface area contributed by atoms with Crippen LogP contribution in [-0.2, 0) is 6.61 Å². The second kappa shape index (κ2) is 3.83. The van der Waals surface area contributed by atoms with E-state index in [4.69, 9.17) is 11.6 Å². The van der Waals surface area contributed by atoms with Crippen molar-refractivity contribution in [2.24, 2.45) is 0 Å². The van der Waals surface area contributed by atoms with Gasteiger partial charge >= 0.3 is 0 Å². The monoisotopic (exact) mass is 224 g/mol. The molecule has 1 N–H and O–H groups in total. The van der Waals surface area contributed by atoms with Crippen LogP contribution >= 0.6 is 11.6 Å². The number of aliphatic hydroxyl groups is 1. The number of nitrogens with zero attached hydrogens (tertiary/aromatic N) is 2. The van der Waals surface area contributed by atoms with Crippen molar-refractivity contribution in [1.82, 2.24) is 9.55 Å². The summed E-state index contributed by atoms with van der Waals surface area (Å²) in [7, 11) is 0. The number of aromatic nitrogens is 2. The van der Waals surface area contributed by atoms with E-state index in [0.717, 1.165) is 11.0 Å². The van der Waals surface area contributed by atoms with Crippen LogP contribution in [0.15, 0.2) is 18.2 Å². The van der Waals surface area contributed by atoms with Crippen LogP contribution in [0.3, 0.4) is 0 Å². The molecule has 15 heavy (non-hydrogen) atoms. The van der Waals surface area contributed by atoms with E-state index in [9.17, 15) is 5.11 Å². The predicted molar refractivity (Wildman–Crippen MR) is 61.1 cm³/mol. The highest BCUT2D eigenvalue weighted by atomic mass is 35.5. The summed E-state index contributed by atoms with van der Waals surface area (Å²) in [6.45, 7) is 4.02. The van der Waals surface area contributed by atoms with E-state index in [1.54, 1.807) is 0 Å². The second-order valence-corrected chi connectivity index (χ2v) is 4.16. The Morgan fingerprint density at radius 2 is 2.20 bits per heavy atom. The van der Waals surface area contributed by atoms with Crippen molar-refractivity contribution < 1.29 is 5.11 Å². The largest absolute Gasteiger partial charge is 0.388 e. The zero-order valence-corrected chi connectivity index (χ0v) is 9.49. The highest BCUT2D eigenvalue weighted by molar-refractivity contribution is 6.35. The molecule has 0 fully saturated rings. The number of halogens is 1. The minimum Gasteiger partial charge on any atom is -0.388 e. The molecule has 1 aromatic carbocycles. The number of aliphatic hydroxyl groups excluding tert-OH is 1. The van der Waals surface area contributed by atoms with Crippen molar-refractivity contribution in [2.75, 3.05) is 0 Å². The minimum absolute atomic E-state index is 0.0663. The first-order chi connectivity index (χ1) is 7.15. The van der Waals surface area contributed by atoms with Gasteiger partial charge in [-0.2, -0.15) is 0 Å². The number of hydrogen-bond acceptors (Lipinski definition) is 2. The fraction of sp³-hybridized carbons (Fsp3) is 0.364. The number of imidazole rings is 1. The fourth-order valence-corrected chi connectivity index (χ4v) is 2.08. The van der Waals surface area contributed by atoms with Crippen LogP contribution in [0.1, 0.15) is 25.7 Å². The molecule has 0 saturated carbocycles. The lowest BCUT2D eigenvalue weighted by molar-refractivity contribution is 0.263. The molecule has 0 radical (unpaired) electrons. The summed E-state index contributed by atoms with van der Waals surface area (Å²) in [5.41, 5.74) is 1.73. The molecule has 0 aliphatic heterocycles. The quantitative estimate of drug-likeness (QED) is 0.852. The lowest BCUT2D eigenvalue weighted by atomic mass is 10.3. The van der Waals surface area contributed by atoms with Crippen LogP contribution in [0.2, 0.25) is 5.02 Å². The predicted octanol–water partition coefficient (Wildman–Crippen LogP) is 2.76. The Morgan fingerprint density at radius 1 is 1.47 bits per heavy atom. The average Bonchev–Trinajstić information content (AvgIpc) is 2.57. The molecule has 80 valence electrons. The van der Waals surface area contributed by atoms with Gasteiger partial charge in [0.05, 0.1) is 16.1 Å². The number of benzene rings is 1. The molecule has 0 saturated heterocycles. The average molecular weight is 225 g/mol. The Hall–Kier alpha value is -1.06. The Labute approximate surface area is 93.3 Å². The van der Waals surface area contributed by atoms with Gasteiger partial charge in [-0.05, 0) is 26.0 Å². The Morgan fingerprint density at radius 3 is 2.80 bits per heavy atom. The van der Waals surface area contributed by atoms with Gasteiger partial charge in [0.2, 0.25) is 0 Å². The van der Waals surface area contributed by atoms with Crippen molar-refractivity contribution in [3.05, 3.63) is 29.0 Å². The van der Waals surface area contributed by atoms with E-state index in [1.165, 1.54) is 0 Å². The van der Waals surface area contributed by atoms with Gasteiger partial charge in [-0.15, -0.1) is 0 Å². The summed E-state index contributed by atoms with van der Waals surface area (Å²) >= 11 is 6.13. The lowest BCUT2D eigenvalue weighted by Crippen LogP contribution is -2.06. The highest BCUT2D eigenvalue weighted by Gasteiger charge is 2.14. The third kappa shape index (κ3) is 1.62. The summed E-state index contributed by atoms with van der Waals surface area (Å²) in [4.78, 5) is 4.34. The first kappa shape index (κ1) is 10.5. The zero-order chi connectivity index (χ0) is 11.0. The van der Waals surface area contributed by atoms with Crippen LogP contribution in [0.4, 0.5) is 0 Å². The topological polar surface area (TPSA) is 38.0 Å². The molecule has 1 heterocycles. The van der Waals surface area contributed by atoms with E-state index < -0.39 is 0 Å². The highest BCUT2D eigenvalue weighted by Crippen LogP contribution is 2.27. The maximum absolute atomic E-state index is 9.23. The van der Waals surface area contributed by atoms with E-state index >= 15 is 0 Å². The smallest absolute Gasteiger partial charge is 0.135 e. The van der Waals surface area contributed by atoms with E-state index in [0.29, 0.717) is 10.8 Å². The van der Waals surface area contributed by atoms with E-state index in [2.05, 4.69) is 4.98 Å². The van der Waals surface area contributed by atoms with Gasteiger partial charge in [-0.1, -0.05) is 17.7 Å². The van der Waals surface area contributed by atoms with Crippen LogP contribution in [-0.4, -0.2) is 14.7 Å². The molecule has 3 nitrogen and oxygen atoms in total. The van der Waals surface area contributed by atoms with Gasteiger partial charge in [-0.3, -0.25) is 0 Å². The third-order valence-electron chi connectivity index (χ3n) is 2.39. The molecule has 0 spiro atoms. The number of hydrogen-bond donors (Lipinski definition) is 1. The molecule has 2 rings (SSSR count). The summed E-state index contributed by atoms with van der Waals surface area (Å²) in [5.74, 6) is 0.660. The Balaban J connectivity index is 2.82. The van der Waals surface area contributed by atoms with Gasteiger partial charge in [0.1, 0.15) is 12.4 Å². The molecule has 4 heteroatoms. The Kier molecular flexibility index (Phi) is 2.67. The molecule has 0 unspecified atom stereocenters. The number of fused-ring (bicyclic) bond motifs is 1. The van der Waals surface area contributed by atoms with Gasteiger partial charge in [-0.25, -0.2) is 4.98 Å². The minimum atomic E-state index is -0.0663. The van der Waals surface area contributed by atoms with Crippen LogP contribution in [0.25, 0.3) is 11.0 Å². The maximum atomic E-state index is 9.23. The number of rotatable bonds is 2. The number of para-hydroxylation sites is 1. The van der Waals surface area contributed by atoms with Crippen LogP contribution in [0.5, 0.6) is 0 Å². The van der Waals surface area contributed by atoms with Gasteiger partial charge in [0, 0.05) is 6.04 Å². The summed E-state index contributed by atoms with van der Waals surface area (Å²) < 4.78 is 1.97. The van der Waals surface area contributed by atoms with Crippen molar-refractivity contribution in [3.8, 4) is 0 Å². The van der Waals surface area contributed by atoms with Crippen molar-refractivity contribution >= 4 is 22.6 Å². The standard InChI is InChI=1S/C11H13ClN2O/c1-7(2)14-10(6-15)13-9-5-3-4-8(12)11(9)14/h3-5,7,15H,6H2,1-2H3. The molecule has 0 bridgehead atoms. The molecule has 0 amide bonds. The SMILES string of the molecule is CC(C)n1c(CO)nc2cccc(Cl)c21. The van der Waals surface area contributed by atoms with Crippen molar-refractivity contribution in [2.45, 2.75) is 26.5 Å². The normalized spacial score (nSPS) is 11.5. The molecule has 1 aromatic heterocycles. The molecule has 2 aromatic rings. The van der Waals surface area contributed by atoms with Gasteiger partial charge in [0.25, 0.3) is 0 Å². The van der Waals surface area contributed by atoms with Crippen LogP contribution < -0.4 is 0 Å². The molecular weight excluding hydrogens is 212 g/mol. The van der Waals surface area contributed by atoms with Gasteiger partial charge in [0.15, 0.2) is 0 Å². The van der Waals surface area contributed by atoms with Crippen molar-refractivity contribution in [3.63, 3.8) is 0 Å².